The Labute approximate surface area is 243 Å². The summed E-state index contributed by atoms with van der Waals surface area (Å²) in [5.74, 6) is -3.58. The molecule has 5 N–H and O–H groups in total. The first-order chi connectivity index (χ1) is 19.5. The molecule has 1 aromatic heterocycles. The molecule has 220 valence electrons. The van der Waals surface area contributed by atoms with Crippen LogP contribution in [0.4, 0.5) is 0 Å². The van der Waals surface area contributed by atoms with Crippen LogP contribution >= 0.6 is 11.6 Å². The molecule has 1 saturated heterocycles. The number of hydrogen-bond donors (Lipinski definition) is 5. The van der Waals surface area contributed by atoms with E-state index < -0.39 is 60.3 Å². The summed E-state index contributed by atoms with van der Waals surface area (Å²) < 4.78 is 0. The first-order valence-corrected chi connectivity index (χ1v) is 13.6. The number of rotatable bonds is 5. The van der Waals surface area contributed by atoms with Crippen LogP contribution in [-0.4, -0.2) is 88.4 Å². The Bertz CT molecular complexity index is 1240. The van der Waals surface area contributed by atoms with Crippen molar-refractivity contribution in [2.45, 2.75) is 51.4 Å². The Morgan fingerprint density at radius 3 is 2.29 bits per heavy atom. The van der Waals surface area contributed by atoms with E-state index in [0.717, 1.165) is 5.56 Å². The van der Waals surface area contributed by atoms with Crippen LogP contribution in [0.5, 0.6) is 0 Å². The topological polar surface area (TPSA) is 170 Å². The van der Waals surface area contributed by atoms with E-state index in [9.17, 15) is 29.1 Å². The average molecular weight is 587 g/mol. The molecule has 1 aliphatic rings. The van der Waals surface area contributed by atoms with Crippen molar-refractivity contribution < 1.29 is 29.1 Å². The number of benzene rings is 1. The van der Waals surface area contributed by atoms with Gasteiger partial charge in [0.1, 0.15) is 23.8 Å². The lowest BCUT2D eigenvalue weighted by molar-refractivity contribution is -0.135. The number of pyridine rings is 1. The van der Waals surface area contributed by atoms with Crippen LogP contribution in [0.3, 0.4) is 0 Å². The second kappa shape index (κ2) is 14.6. The molecule has 0 unspecified atom stereocenters. The number of aliphatic hydroxyl groups is 1. The normalized spacial score (nSPS) is 22.0. The minimum Gasteiger partial charge on any atom is -0.391 e. The smallest absolute Gasteiger partial charge is 0.272 e. The molecule has 0 saturated carbocycles. The minimum atomic E-state index is -1.34. The second-order valence-electron chi connectivity index (χ2n) is 10.1. The van der Waals surface area contributed by atoms with E-state index in [1.54, 1.807) is 38.1 Å². The summed E-state index contributed by atoms with van der Waals surface area (Å²) in [6.45, 7) is 4.19. The molecule has 4 atom stereocenters. The Kier molecular flexibility index (Phi) is 11.2. The van der Waals surface area contributed by atoms with Gasteiger partial charge in [-0.1, -0.05) is 55.8 Å². The maximum absolute atomic E-state index is 13.4. The molecule has 1 aromatic carbocycles. The molecule has 0 spiro atoms. The molecule has 0 bridgehead atoms. The van der Waals surface area contributed by atoms with E-state index in [0.29, 0.717) is 5.02 Å². The first-order valence-electron chi connectivity index (χ1n) is 13.3. The summed E-state index contributed by atoms with van der Waals surface area (Å²) in [4.78, 5) is 71.2. The van der Waals surface area contributed by atoms with Crippen LogP contribution < -0.4 is 21.3 Å². The number of halogens is 1. The van der Waals surface area contributed by atoms with Gasteiger partial charge in [0.25, 0.3) is 5.91 Å². The summed E-state index contributed by atoms with van der Waals surface area (Å²) in [5.41, 5.74) is 0.779. The number of aromatic nitrogens is 1. The Morgan fingerprint density at radius 1 is 0.976 bits per heavy atom. The van der Waals surface area contributed by atoms with E-state index in [2.05, 4.69) is 26.3 Å². The Morgan fingerprint density at radius 2 is 1.68 bits per heavy atom. The zero-order chi connectivity index (χ0) is 30.1. The highest BCUT2D eigenvalue weighted by Crippen LogP contribution is 2.11. The number of aliphatic hydroxyl groups excluding tert-OH is 1. The zero-order valence-corrected chi connectivity index (χ0v) is 23.9. The number of nitrogens with zero attached hydrogens (tertiary/aromatic N) is 2. The van der Waals surface area contributed by atoms with Crippen LogP contribution in [0.25, 0.3) is 0 Å². The molecule has 5 amide bonds. The third-order valence-corrected chi connectivity index (χ3v) is 6.72. The molecule has 41 heavy (non-hydrogen) atoms. The predicted molar refractivity (Wildman–Crippen MR) is 151 cm³/mol. The highest BCUT2D eigenvalue weighted by molar-refractivity contribution is 6.30. The van der Waals surface area contributed by atoms with Crippen LogP contribution in [0.2, 0.25) is 5.02 Å². The zero-order valence-electron chi connectivity index (χ0n) is 23.1. The van der Waals surface area contributed by atoms with Gasteiger partial charge in [-0.05, 0) is 30.5 Å². The van der Waals surface area contributed by atoms with Gasteiger partial charge in [-0.3, -0.25) is 24.0 Å². The standard InChI is InChI=1S/C28H35ClN6O6/c1-16(2)23-27(40)32-21(13-18-7-5-4-6-8-18)25(38)34-24(17(3)36)26(39)30-11-12-35(15-22(37)33-23)28(41)20-10-9-19(29)14-31-20/h4-10,14,16-17,21,23-24,36H,11-13,15H2,1-3H3,(H,30,39)(H,32,40)(H,33,37)(H,34,38)/t17-,21+,23-,24+/m1/s1. The van der Waals surface area contributed by atoms with E-state index in [1.165, 1.54) is 30.2 Å². The van der Waals surface area contributed by atoms with Gasteiger partial charge >= 0.3 is 0 Å². The fraction of sp³-hybridized carbons (Fsp3) is 0.429. The summed E-state index contributed by atoms with van der Waals surface area (Å²) in [7, 11) is 0. The third-order valence-electron chi connectivity index (χ3n) is 6.49. The van der Waals surface area contributed by atoms with Crippen molar-refractivity contribution in [1.82, 2.24) is 31.2 Å². The van der Waals surface area contributed by atoms with Crippen molar-refractivity contribution in [1.29, 1.82) is 0 Å². The summed E-state index contributed by atoms with van der Waals surface area (Å²) >= 11 is 5.88. The van der Waals surface area contributed by atoms with Gasteiger partial charge in [-0.15, -0.1) is 0 Å². The molecule has 0 radical (unpaired) electrons. The van der Waals surface area contributed by atoms with Gasteiger partial charge in [0, 0.05) is 25.7 Å². The van der Waals surface area contributed by atoms with Gasteiger partial charge in [0.2, 0.25) is 23.6 Å². The monoisotopic (exact) mass is 586 g/mol. The summed E-state index contributed by atoms with van der Waals surface area (Å²) in [6.07, 6.45) is 0.123. The predicted octanol–water partition coefficient (Wildman–Crippen LogP) is 0.0409. The summed E-state index contributed by atoms with van der Waals surface area (Å²) in [6, 6.07) is 8.37. The van der Waals surface area contributed by atoms with Crippen LogP contribution in [0, 0.1) is 5.92 Å². The highest BCUT2D eigenvalue weighted by atomic mass is 35.5. The van der Waals surface area contributed by atoms with Crippen LogP contribution in [0.15, 0.2) is 48.7 Å². The molecule has 3 rings (SSSR count). The molecule has 2 aromatic rings. The van der Waals surface area contributed by atoms with Crippen molar-refractivity contribution in [2.24, 2.45) is 5.92 Å². The maximum Gasteiger partial charge on any atom is 0.272 e. The fourth-order valence-electron chi connectivity index (χ4n) is 4.25. The number of amides is 5. The number of hydrogen-bond acceptors (Lipinski definition) is 7. The SMILES string of the molecule is CC(C)[C@H]1NC(=O)CN(C(=O)c2ccc(Cl)cn2)CCNC(=O)[C@H]([C@@H](C)O)NC(=O)[C@H](Cc2ccccc2)NC1=O. The second-order valence-corrected chi connectivity index (χ2v) is 10.6. The van der Waals surface area contributed by atoms with E-state index in [-0.39, 0.29) is 31.1 Å². The molecule has 0 aliphatic carbocycles. The van der Waals surface area contributed by atoms with Crippen LogP contribution in [-0.2, 0) is 25.6 Å². The van der Waals surface area contributed by atoms with Gasteiger partial charge in [-0.25, -0.2) is 4.98 Å². The van der Waals surface area contributed by atoms with Crippen molar-refractivity contribution in [3.05, 3.63) is 64.9 Å². The van der Waals surface area contributed by atoms with Gasteiger partial charge in [0.15, 0.2) is 0 Å². The lowest BCUT2D eigenvalue weighted by Crippen LogP contribution is -2.60. The number of carbonyl (C=O) groups excluding carboxylic acids is 5. The van der Waals surface area contributed by atoms with Gasteiger partial charge in [0.05, 0.1) is 17.7 Å². The highest BCUT2D eigenvalue weighted by Gasteiger charge is 2.33. The first kappa shape index (κ1) is 31.5. The van der Waals surface area contributed by atoms with Crippen molar-refractivity contribution in [3.8, 4) is 0 Å². The largest absolute Gasteiger partial charge is 0.391 e. The molecule has 1 aliphatic heterocycles. The summed E-state index contributed by atoms with van der Waals surface area (Å²) in [5, 5.41) is 21.1. The Balaban J connectivity index is 1.93. The van der Waals surface area contributed by atoms with E-state index >= 15 is 0 Å². The van der Waals surface area contributed by atoms with E-state index in [1.807, 2.05) is 6.07 Å². The average Bonchev–Trinajstić information content (AvgIpc) is 2.93. The minimum absolute atomic E-state index is 0.0301. The lowest BCUT2D eigenvalue weighted by atomic mass is 10.0. The lowest BCUT2D eigenvalue weighted by Gasteiger charge is -2.27. The molecule has 2 heterocycles. The van der Waals surface area contributed by atoms with E-state index in [4.69, 9.17) is 11.6 Å². The quantitative estimate of drug-likeness (QED) is 0.329. The number of nitrogens with one attached hydrogen (secondary N) is 4. The molecular weight excluding hydrogens is 552 g/mol. The van der Waals surface area contributed by atoms with Gasteiger partial charge in [-0.2, -0.15) is 0 Å². The third kappa shape index (κ3) is 8.98. The molecular formula is C28H35ClN6O6. The Hall–Kier alpha value is -4.03. The van der Waals surface area contributed by atoms with Crippen molar-refractivity contribution in [3.63, 3.8) is 0 Å². The van der Waals surface area contributed by atoms with Crippen molar-refractivity contribution in [2.75, 3.05) is 19.6 Å². The number of carbonyl (C=O) groups is 5. The molecule has 1 fully saturated rings. The van der Waals surface area contributed by atoms with Crippen LogP contribution in [0.1, 0.15) is 36.8 Å². The maximum atomic E-state index is 13.4. The van der Waals surface area contributed by atoms with Gasteiger partial charge < -0.3 is 31.3 Å². The molecule has 13 heteroatoms. The van der Waals surface area contributed by atoms with Crippen molar-refractivity contribution >= 4 is 41.1 Å². The fourth-order valence-corrected chi connectivity index (χ4v) is 4.36. The molecule has 12 nitrogen and oxygen atoms in total.